The van der Waals surface area contributed by atoms with Crippen LogP contribution in [0.1, 0.15) is 31.3 Å². The van der Waals surface area contributed by atoms with Crippen molar-refractivity contribution in [2.45, 2.75) is 32.7 Å². The van der Waals surface area contributed by atoms with Crippen molar-refractivity contribution in [3.63, 3.8) is 0 Å². The average Bonchev–Trinajstić information content (AvgIpc) is 2.85. The van der Waals surface area contributed by atoms with Crippen LogP contribution >= 0.6 is 11.3 Å². The maximum Gasteiger partial charge on any atom is 0.0992 e. The minimum absolute atomic E-state index is 0.135. The molecule has 1 aromatic carbocycles. The Bertz CT molecular complexity index is 591. The third-order valence-corrected chi connectivity index (χ3v) is 5.19. The van der Waals surface area contributed by atoms with Crippen molar-refractivity contribution in [2.24, 2.45) is 0 Å². The maximum absolute atomic E-state index is 4.93. The molecule has 0 radical (unpaired) electrons. The van der Waals surface area contributed by atoms with E-state index in [0.717, 1.165) is 32.7 Å². The molecule has 4 heteroatoms. The first-order valence-corrected chi connectivity index (χ1v) is 8.18. The van der Waals surface area contributed by atoms with E-state index >= 15 is 0 Å². The summed E-state index contributed by atoms with van der Waals surface area (Å²) in [6.45, 7) is 12.2. The highest BCUT2D eigenvalue weighted by molar-refractivity contribution is 7.18. The number of hydrogen-bond donors (Lipinski definition) is 1. The number of nitrogens with zero attached hydrogens (tertiary/aromatic N) is 2. The molecule has 3 rings (SSSR count). The van der Waals surface area contributed by atoms with Crippen LogP contribution in [0.2, 0.25) is 0 Å². The normalized spacial score (nSPS) is 17.8. The second-order valence-electron chi connectivity index (χ2n) is 6.56. The SMILES string of the molecule is CC(C)(C)c1nc2c(CN3CCNCC3)cccc2s1. The highest BCUT2D eigenvalue weighted by Gasteiger charge is 2.20. The van der Waals surface area contributed by atoms with Gasteiger partial charge in [0.05, 0.1) is 15.2 Å². The minimum Gasteiger partial charge on any atom is -0.314 e. The lowest BCUT2D eigenvalue weighted by molar-refractivity contribution is 0.234. The van der Waals surface area contributed by atoms with Gasteiger partial charge in [0.25, 0.3) is 0 Å². The van der Waals surface area contributed by atoms with E-state index in [1.807, 2.05) is 11.3 Å². The van der Waals surface area contributed by atoms with Gasteiger partial charge in [-0.3, -0.25) is 4.90 Å². The molecule has 1 fully saturated rings. The van der Waals surface area contributed by atoms with E-state index in [9.17, 15) is 0 Å². The molecule has 0 amide bonds. The van der Waals surface area contributed by atoms with E-state index in [0.29, 0.717) is 0 Å². The molecule has 0 unspecified atom stereocenters. The fraction of sp³-hybridized carbons (Fsp3) is 0.562. The molecule has 0 bridgehead atoms. The first-order chi connectivity index (χ1) is 9.54. The van der Waals surface area contributed by atoms with Gasteiger partial charge in [-0.2, -0.15) is 0 Å². The van der Waals surface area contributed by atoms with Crippen molar-refractivity contribution in [3.05, 3.63) is 28.8 Å². The van der Waals surface area contributed by atoms with Gasteiger partial charge in [-0.25, -0.2) is 4.98 Å². The maximum atomic E-state index is 4.93. The number of benzene rings is 1. The lowest BCUT2D eigenvalue weighted by Crippen LogP contribution is -2.42. The second-order valence-corrected chi connectivity index (χ2v) is 7.59. The first-order valence-electron chi connectivity index (χ1n) is 7.36. The van der Waals surface area contributed by atoms with Gasteiger partial charge in [0.15, 0.2) is 0 Å². The van der Waals surface area contributed by atoms with Crippen LogP contribution in [-0.2, 0) is 12.0 Å². The number of fused-ring (bicyclic) bond motifs is 1. The second kappa shape index (κ2) is 5.43. The molecule has 108 valence electrons. The Kier molecular flexibility index (Phi) is 3.80. The van der Waals surface area contributed by atoms with Crippen molar-refractivity contribution in [3.8, 4) is 0 Å². The van der Waals surface area contributed by atoms with Gasteiger partial charge >= 0.3 is 0 Å². The number of hydrogen-bond acceptors (Lipinski definition) is 4. The quantitative estimate of drug-likeness (QED) is 0.921. The van der Waals surface area contributed by atoms with Crippen molar-refractivity contribution in [2.75, 3.05) is 26.2 Å². The largest absolute Gasteiger partial charge is 0.314 e. The van der Waals surface area contributed by atoms with Crippen LogP contribution in [0.4, 0.5) is 0 Å². The average molecular weight is 289 g/mol. The van der Waals surface area contributed by atoms with Crippen LogP contribution in [-0.4, -0.2) is 36.1 Å². The summed E-state index contributed by atoms with van der Waals surface area (Å²) in [4.78, 5) is 7.44. The van der Waals surface area contributed by atoms with Crippen molar-refractivity contribution >= 4 is 21.6 Å². The van der Waals surface area contributed by atoms with E-state index in [4.69, 9.17) is 4.98 Å². The van der Waals surface area contributed by atoms with Crippen molar-refractivity contribution in [1.82, 2.24) is 15.2 Å². The topological polar surface area (TPSA) is 28.2 Å². The Morgan fingerprint density at radius 2 is 2.00 bits per heavy atom. The summed E-state index contributed by atoms with van der Waals surface area (Å²) in [5.41, 5.74) is 2.72. The number of thiazole rings is 1. The minimum atomic E-state index is 0.135. The predicted molar refractivity (Wildman–Crippen MR) is 86.5 cm³/mol. The molecular formula is C16H23N3S. The zero-order valence-electron chi connectivity index (χ0n) is 12.6. The number of para-hydroxylation sites is 1. The summed E-state index contributed by atoms with van der Waals surface area (Å²) in [5.74, 6) is 0. The Labute approximate surface area is 125 Å². The highest BCUT2D eigenvalue weighted by atomic mass is 32.1. The molecule has 1 aliphatic rings. The lowest BCUT2D eigenvalue weighted by Gasteiger charge is -2.27. The van der Waals surface area contributed by atoms with Crippen LogP contribution in [0.5, 0.6) is 0 Å². The summed E-state index contributed by atoms with van der Waals surface area (Å²) in [7, 11) is 0. The van der Waals surface area contributed by atoms with E-state index in [1.54, 1.807) is 0 Å². The number of rotatable bonds is 2. The van der Waals surface area contributed by atoms with Gasteiger partial charge in [-0.1, -0.05) is 32.9 Å². The zero-order valence-corrected chi connectivity index (χ0v) is 13.4. The van der Waals surface area contributed by atoms with Gasteiger partial charge in [0.1, 0.15) is 0 Å². The van der Waals surface area contributed by atoms with Gasteiger partial charge in [-0.05, 0) is 11.6 Å². The Morgan fingerprint density at radius 1 is 1.25 bits per heavy atom. The molecule has 1 saturated heterocycles. The van der Waals surface area contributed by atoms with Crippen LogP contribution in [0.25, 0.3) is 10.2 Å². The fourth-order valence-electron chi connectivity index (χ4n) is 2.56. The summed E-state index contributed by atoms with van der Waals surface area (Å²) < 4.78 is 1.32. The Hall–Kier alpha value is -0.970. The highest BCUT2D eigenvalue weighted by Crippen LogP contribution is 2.32. The Balaban J connectivity index is 1.92. The van der Waals surface area contributed by atoms with Crippen LogP contribution < -0.4 is 5.32 Å². The summed E-state index contributed by atoms with van der Waals surface area (Å²) >= 11 is 1.84. The van der Waals surface area contributed by atoms with Gasteiger partial charge in [-0.15, -0.1) is 11.3 Å². The zero-order chi connectivity index (χ0) is 14.2. The molecule has 20 heavy (non-hydrogen) atoms. The van der Waals surface area contributed by atoms with Crippen molar-refractivity contribution < 1.29 is 0 Å². The number of aromatic nitrogens is 1. The van der Waals surface area contributed by atoms with Gasteiger partial charge in [0.2, 0.25) is 0 Å². The third kappa shape index (κ3) is 2.87. The molecule has 2 aromatic rings. The van der Waals surface area contributed by atoms with Crippen molar-refractivity contribution in [1.29, 1.82) is 0 Å². The predicted octanol–water partition coefficient (Wildman–Crippen LogP) is 3.00. The first kappa shape index (κ1) is 14.0. The van der Waals surface area contributed by atoms with Gasteiger partial charge in [0, 0.05) is 38.1 Å². The summed E-state index contributed by atoms with van der Waals surface area (Å²) in [5, 5.41) is 4.64. The third-order valence-electron chi connectivity index (χ3n) is 3.75. The Morgan fingerprint density at radius 3 is 2.70 bits per heavy atom. The lowest BCUT2D eigenvalue weighted by atomic mass is 9.98. The standard InChI is InChI=1S/C16H23N3S/c1-16(2,3)15-18-14-12(5-4-6-13(14)20-15)11-19-9-7-17-8-10-19/h4-6,17H,7-11H2,1-3H3. The molecular weight excluding hydrogens is 266 g/mol. The molecule has 2 heterocycles. The van der Waals surface area contributed by atoms with E-state index in [2.05, 4.69) is 49.2 Å². The molecule has 1 aromatic heterocycles. The van der Waals surface area contributed by atoms with E-state index < -0.39 is 0 Å². The van der Waals surface area contributed by atoms with Crippen LogP contribution in [0.3, 0.4) is 0 Å². The summed E-state index contributed by atoms with van der Waals surface area (Å²) in [6, 6.07) is 6.60. The molecule has 0 aliphatic carbocycles. The summed E-state index contributed by atoms with van der Waals surface area (Å²) in [6.07, 6.45) is 0. The molecule has 1 aliphatic heterocycles. The van der Waals surface area contributed by atoms with Crippen LogP contribution in [0.15, 0.2) is 18.2 Å². The van der Waals surface area contributed by atoms with E-state index in [1.165, 1.54) is 20.8 Å². The molecule has 0 atom stereocenters. The van der Waals surface area contributed by atoms with Gasteiger partial charge < -0.3 is 5.32 Å². The smallest absolute Gasteiger partial charge is 0.0992 e. The van der Waals surface area contributed by atoms with Crippen LogP contribution in [0, 0.1) is 0 Å². The molecule has 0 spiro atoms. The number of nitrogens with one attached hydrogen (secondary N) is 1. The fourth-order valence-corrected chi connectivity index (χ4v) is 3.64. The molecule has 1 N–H and O–H groups in total. The molecule has 3 nitrogen and oxygen atoms in total. The monoisotopic (exact) mass is 289 g/mol. The number of piperazine rings is 1. The molecule has 0 saturated carbocycles. The van der Waals surface area contributed by atoms with E-state index in [-0.39, 0.29) is 5.41 Å².